The lowest BCUT2D eigenvalue weighted by Crippen LogP contribution is -2.39. The fraction of sp³-hybridized carbons (Fsp3) is 0.211. The summed E-state index contributed by atoms with van der Waals surface area (Å²) in [5.41, 5.74) is 2.95. The van der Waals surface area contributed by atoms with Gasteiger partial charge in [0, 0.05) is 25.0 Å². The molecule has 0 saturated carbocycles. The highest BCUT2D eigenvalue weighted by atomic mass is 16.2. The van der Waals surface area contributed by atoms with E-state index in [1.807, 2.05) is 56.3 Å². The Morgan fingerprint density at radius 1 is 1.15 bits per heavy atom. The van der Waals surface area contributed by atoms with Crippen LogP contribution in [0.3, 0.4) is 0 Å². The third-order valence-electron chi connectivity index (χ3n) is 4.72. The molecule has 0 atom stereocenters. The molecule has 4 aromatic rings. The second kappa shape index (κ2) is 5.87. The van der Waals surface area contributed by atoms with E-state index in [-0.39, 0.29) is 17.8 Å². The van der Waals surface area contributed by atoms with Crippen molar-refractivity contribution in [1.82, 2.24) is 23.5 Å². The second-order valence-electron chi connectivity index (χ2n) is 6.35. The van der Waals surface area contributed by atoms with Crippen molar-refractivity contribution < 1.29 is 0 Å². The molecule has 7 nitrogen and oxygen atoms in total. The topological polar surface area (TPSA) is 77.1 Å². The smallest absolute Gasteiger partial charge is 0.327 e. The third-order valence-corrected chi connectivity index (χ3v) is 4.72. The fourth-order valence-corrected chi connectivity index (χ4v) is 3.18. The Labute approximate surface area is 148 Å². The molecule has 0 bridgehead atoms. The molecule has 1 N–H and O–H groups in total. The number of allylic oxidation sites excluding steroid dienone is 1. The van der Waals surface area contributed by atoms with Crippen LogP contribution in [-0.4, -0.2) is 23.5 Å². The number of hydrogen-bond acceptors (Lipinski definition) is 3. The number of hydrogen-bond donors (Lipinski definition) is 1. The van der Waals surface area contributed by atoms with Gasteiger partial charge in [0.15, 0.2) is 11.2 Å². The maximum absolute atomic E-state index is 13.0. The maximum atomic E-state index is 13.0. The van der Waals surface area contributed by atoms with Crippen molar-refractivity contribution in [3.63, 3.8) is 0 Å². The Bertz CT molecular complexity index is 1270. The van der Waals surface area contributed by atoms with E-state index in [4.69, 9.17) is 0 Å². The van der Waals surface area contributed by atoms with Gasteiger partial charge in [-0.05, 0) is 19.4 Å². The van der Waals surface area contributed by atoms with Gasteiger partial charge in [-0.3, -0.25) is 18.3 Å². The Morgan fingerprint density at radius 3 is 2.62 bits per heavy atom. The van der Waals surface area contributed by atoms with E-state index in [1.165, 1.54) is 9.13 Å². The number of fused-ring (bicyclic) bond motifs is 3. The van der Waals surface area contributed by atoms with Crippen LogP contribution in [-0.2, 0) is 13.6 Å². The summed E-state index contributed by atoms with van der Waals surface area (Å²) in [6.07, 6.45) is 3.71. The molecule has 0 unspecified atom stereocenters. The highest BCUT2D eigenvalue weighted by molar-refractivity contribution is 5.76. The summed E-state index contributed by atoms with van der Waals surface area (Å²) < 4.78 is 4.43. The van der Waals surface area contributed by atoms with Crippen molar-refractivity contribution in [2.24, 2.45) is 7.05 Å². The lowest BCUT2D eigenvalue weighted by atomic mass is 10.2. The average molecular weight is 349 g/mol. The minimum Gasteiger partial charge on any atom is -0.327 e. The lowest BCUT2D eigenvalue weighted by molar-refractivity contribution is 0.667. The highest BCUT2D eigenvalue weighted by Gasteiger charge is 2.19. The molecule has 0 aliphatic rings. The van der Waals surface area contributed by atoms with Crippen molar-refractivity contribution in [1.29, 1.82) is 0 Å². The van der Waals surface area contributed by atoms with E-state index in [0.29, 0.717) is 16.9 Å². The first kappa shape index (κ1) is 16.1. The van der Waals surface area contributed by atoms with Crippen LogP contribution in [0.5, 0.6) is 0 Å². The first-order valence-electron chi connectivity index (χ1n) is 8.38. The van der Waals surface area contributed by atoms with E-state index in [9.17, 15) is 9.59 Å². The Hall–Kier alpha value is -3.35. The van der Waals surface area contributed by atoms with Gasteiger partial charge in [0.1, 0.15) is 0 Å². The normalized spacial score (nSPS) is 12.0. The number of nitrogens with zero attached hydrogens (tertiary/aromatic N) is 4. The largest absolute Gasteiger partial charge is 0.332 e. The van der Waals surface area contributed by atoms with Crippen LogP contribution in [0.1, 0.15) is 17.0 Å². The van der Waals surface area contributed by atoms with Crippen molar-refractivity contribution in [3.8, 4) is 0 Å². The molecular formula is C19H19N5O2. The van der Waals surface area contributed by atoms with Gasteiger partial charge in [0.05, 0.1) is 0 Å². The molecule has 132 valence electrons. The summed E-state index contributed by atoms with van der Waals surface area (Å²) in [5, 5.41) is 0. The zero-order chi connectivity index (χ0) is 18.4. The number of benzene rings is 1. The predicted molar refractivity (Wildman–Crippen MR) is 101 cm³/mol. The van der Waals surface area contributed by atoms with E-state index in [1.54, 1.807) is 11.4 Å². The summed E-state index contributed by atoms with van der Waals surface area (Å²) in [4.78, 5) is 33.2. The molecule has 0 aliphatic carbocycles. The molecule has 0 fully saturated rings. The Balaban J connectivity index is 1.89. The van der Waals surface area contributed by atoms with Crippen LogP contribution in [0.25, 0.3) is 23.0 Å². The zero-order valence-electron chi connectivity index (χ0n) is 14.9. The van der Waals surface area contributed by atoms with Crippen LogP contribution >= 0.6 is 0 Å². The lowest BCUT2D eigenvalue weighted by Gasteiger charge is -2.06. The van der Waals surface area contributed by atoms with Gasteiger partial charge in [-0.2, -0.15) is 4.98 Å². The summed E-state index contributed by atoms with van der Waals surface area (Å²) in [5.74, 6) is 0.569. The number of imidazole rings is 2. The van der Waals surface area contributed by atoms with Crippen molar-refractivity contribution in [3.05, 3.63) is 74.2 Å². The number of aromatic amines is 1. The Kier molecular flexibility index (Phi) is 3.64. The average Bonchev–Trinajstić information content (AvgIpc) is 3.14. The van der Waals surface area contributed by atoms with Crippen LogP contribution in [0, 0.1) is 13.8 Å². The standard InChI is InChI=1S/C19H19N5O2/c1-12-13(2)24-15-16(21-18(24)20-12)22(3)19(26)23(17(15)25)11-7-10-14-8-5-4-6-9-14/h4-10H,11H2,1-3H3,(H,20,21)/b10-7+. The fourth-order valence-electron chi connectivity index (χ4n) is 3.18. The quantitative estimate of drug-likeness (QED) is 0.615. The number of aryl methyl sites for hydroxylation is 3. The SMILES string of the molecule is Cc1[nH]c2nc3c(c(=O)n(C/C=C/c4ccccc4)c(=O)n3C)n2c1C. The van der Waals surface area contributed by atoms with Crippen molar-refractivity contribution in [2.45, 2.75) is 20.4 Å². The number of aromatic nitrogens is 5. The van der Waals surface area contributed by atoms with Gasteiger partial charge in [0.2, 0.25) is 5.78 Å². The number of H-pyrrole nitrogens is 1. The van der Waals surface area contributed by atoms with E-state index in [0.717, 1.165) is 17.0 Å². The maximum Gasteiger partial charge on any atom is 0.332 e. The van der Waals surface area contributed by atoms with Crippen LogP contribution in [0.4, 0.5) is 0 Å². The second-order valence-corrected chi connectivity index (χ2v) is 6.35. The molecule has 0 amide bonds. The summed E-state index contributed by atoms with van der Waals surface area (Å²) in [6, 6.07) is 9.76. The molecule has 0 spiro atoms. The monoisotopic (exact) mass is 349 g/mol. The predicted octanol–water partition coefficient (Wildman–Crippen LogP) is 2.01. The van der Waals surface area contributed by atoms with Crippen LogP contribution < -0.4 is 11.2 Å². The molecule has 0 saturated heterocycles. The zero-order valence-corrected chi connectivity index (χ0v) is 14.9. The van der Waals surface area contributed by atoms with Gasteiger partial charge in [-0.1, -0.05) is 42.5 Å². The number of nitrogens with one attached hydrogen (secondary N) is 1. The van der Waals surface area contributed by atoms with E-state index in [2.05, 4.69) is 9.97 Å². The summed E-state index contributed by atoms with van der Waals surface area (Å²) >= 11 is 0. The van der Waals surface area contributed by atoms with Gasteiger partial charge in [-0.15, -0.1) is 0 Å². The van der Waals surface area contributed by atoms with Crippen molar-refractivity contribution >= 4 is 23.0 Å². The first-order chi connectivity index (χ1) is 12.5. The molecule has 0 radical (unpaired) electrons. The Morgan fingerprint density at radius 2 is 1.88 bits per heavy atom. The third kappa shape index (κ3) is 2.32. The molecule has 7 heteroatoms. The molecule has 1 aromatic carbocycles. The van der Waals surface area contributed by atoms with E-state index < -0.39 is 0 Å². The van der Waals surface area contributed by atoms with Gasteiger partial charge in [-0.25, -0.2) is 4.79 Å². The molecule has 4 rings (SSSR count). The molecular weight excluding hydrogens is 330 g/mol. The number of rotatable bonds is 3. The molecule has 3 aromatic heterocycles. The minimum absolute atomic E-state index is 0.200. The van der Waals surface area contributed by atoms with E-state index >= 15 is 0 Å². The summed E-state index contributed by atoms with van der Waals surface area (Å²) in [7, 11) is 1.64. The first-order valence-corrected chi connectivity index (χ1v) is 8.38. The van der Waals surface area contributed by atoms with Crippen LogP contribution in [0.2, 0.25) is 0 Å². The highest BCUT2D eigenvalue weighted by Crippen LogP contribution is 2.16. The van der Waals surface area contributed by atoms with Crippen molar-refractivity contribution in [2.75, 3.05) is 0 Å². The van der Waals surface area contributed by atoms with Gasteiger partial charge in [0.25, 0.3) is 5.56 Å². The molecule has 26 heavy (non-hydrogen) atoms. The molecule has 3 heterocycles. The minimum atomic E-state index is -0.379. The van der Waals surface area contributed by atoms with Gasteiger partial charge >= 0.3 is 5.69 Å². The van der Waals surface area contributed by atoms with Crippen LogP contribution in [0.15, 0.2) is 46.0 Å². The summed E-state index contributed by atoms with van der Waals surface area (Å²) in [6.45, 7) is 4.05. The molecule has 0 aliphatic heterocycles. The van der Waals surface area contributed by atoms with Gasteiger partial charge < -0.3 is 4.98 Å².